The van der Waals surface area contributed by atoms with Crippen molar-refractivity contribution in [3.8, 4) is 0 Å². The van der Waals surface area contributed by atoms with Gasteiger partial charge >= 0.3 is 6.09 Å². The maximum absolute atomic E-state index is 12.2. The number of pyridine rings is 1. The molecule has 2 heterocycles. The second-order valence-corrected chi connectivity index (χ2v) is 10.5. The predicted molar refractivity (Wildman–Crippen MR) is 118 cm³/mol. The minimum atomic E-state index is -3.32. The zero-order chi connectivity index (χ0) is 22.1. The fraction of sp³-hybridized carbons (Fsp3) is 0.478. The van der Waals surface area contributed by atoms with Crippen molar-refractivity contribution in [2.24, 2.45) is 0 Å². The number of fused-ring (bicyclic) bond motifs is 1. The van der Waals surface area contributed by atoms with E-state index in [1.54, 1.807) is 11.1 Å². The molecule has 1 aliphatic heterocycles. The Bertz CT molecular complexity index is 1050. The SMILES string of the molecule is CCCS(=O)(=O)NCc1ccc2c(c1)C(C1(c3ccccn3)CCC1)N(C(=O)O)CC2. The lowest BCUT2D eigenvalue weighted by Gasteiger charge is -2.52. The molecule has 1 unspecified atom stereocenters. The van der Waals surface area contributed by atoms with E-state index in [4.69, 9.17) is 0 Å². The van der Waals surface area contributed by atoms with Crippen molar-refractivity contribution in [3.05, 3.63) is 65.0 Å². The number of sulfonamides is 1. The number of amides is 1. The van der Waals surface area contributed by atoms with Crippen LogP contribution in [-0.4, -0.2) is 41.8 Å². The Labute approximate surface area is 183 Å². The summed E-state index contributed by atoms with van der Waals surface area (Å²) >= 11 is 0. The van der Waals surface area contributed by atoms with E-state index in [0.717, 1.165) is 41.6 Å². The molecule has 166 valence electrons. The Kier molecular flexibility index (Phi) is 6.03. The normalized spacial score (nSPS) is 20.0. The monoisotopic (exact) mass is 443 g/mol. The minimum Gasteiger partial charge on any atom is -0.465 e. The predicted octanol–water partition coefficient (Wildman–Crippen LogP) is 3.61. The molecule has 1 fully saturated rings. The Morgan fingerprint density at radius 1 is 1.29 bits per heavy atom. The van der Waals surface area contributed by atoms with E-state index >= 15 is 0 Å². The van der Waals surface area contributed by atoms with E-state index in [-0.39, 0.29) is 23.8 Å². The topological polar surface area (TPSA) is 99.6 Å². The first kappa shape index (κ1) is 21.8. The summed E-state index contributed by atoms with van der Waals surface area (Å²) in [6.07, 6.45) is 4.85. The molecule has 4 rings (SSSR count). The number of nitrogens with zero attached hydrogens (tertiary/aromatic N) is 2. The summed E-state index contributed by atoms with van der Waals surface area (Å²) in [7, 11) is -3.32. The van der Waals surface area contributed by atoms with Crippen LogP contribution in [0.4, 0.5) is 4.79 Å². The second-order valence-electron chi connectivity index (χ2n) is 8.53. The summed E-state index contributed by atoms with van der Waals surface area (Å²) in [6, 6.07) is 11.5. The largest absolute Gasteiger partial charge is 0.465 e. The van der Waals surface area contributed by atoms with Gasteiger partial charge in [-0.3, -0.25) is 4.98 Å². The first-order chi connectivity index (χ1) is 14.9. The molecular formula is C23H29N3O4S. The third-order valence-corrected chi connectivity index (χ3v) is 8.13. The molecule has 1 aliphatic carbocycles. The molecule has 0 spiro atoms. The summed E-state index contributed by atoms with van der Waals surface area (Å²) in [5.74, 6) is 0.0934. The highest BCUT2D eigenvalue weighted by molar-refractivity contribution is 7.89. The van der Waals surface area contributed by atoms with Crippen molar-refractivity contribution in [2.45, 2.75) is 57.0 Å². The molecule has 8 heteroatoms. The van der Waals surface area contributed by atoms with Crippen LogP contribution in [-0.2, 0) is 28.4 Å². The van der Waals surface area contributed by atoms with Crippen LogP contribution in [0.2, 0.25) is 0 Å². The number of rotatable bonds is 7. The maximum Gasteiger partial charge on any atom is 0.407 e. The van der Waals surface area contributed by atoms with Gasteiger partial charge in [-0.15, -0.1) is 0 Å². The van der Waals surface area contributed by atoms with Crippen LogP contribution in [0, 0.1) is 0 Å². The first-order valence-corrected chi connectivity index (χ1v) is 12.5. The summed E-state index contributed by atoms with van der Waals surface area (Å²) in [5.41, 5.74) is 3.52. The van der Waals surface area contributed by atoms with Crippen LogP contribution < -0.4 is 4.72 Å². The Balaban J connectivity index is 1.74. The van der Waals surface area contributed by atoms with Crippen LogP contribution in [0.5, 0.6) is 0 Å². The van der Waals surface area contributed by atoms with Gasteiger partial charge in [0, 0.05) is 30.4 Å². The van der Waals surface area contributed by atoms with Crippen LogP contribution in [0.1, 0.15) is 61.0 Å². The van der Waals surface area contributed by atoms with Crippen LogP contribution in [0.15, 0.2) is 42.6 Å². The summed E-state index contributed by atoms with van der Waals surface area (Å²) in [6.45, 7) is 2.48. The minimum absolute atomic E-state index is 0.0934. The number of aromatic nitrogens is 1. The van der Waals surface area contributed by atoms with Crippen LogP contribution >= 0.6 is 0 Å². The lowest BCUT2D eigenvalue weighted by atomic mass is 9.58. The average Bonchev–Trinajstić information content (AvgIpc) is 2.72. The van der Waals surface area contributed by atoms with Gasteiger partial charge in [-0.2, -0.15) is 0 Å². The van der Waals surface area contributed by atoms with Gasteiger partial charge in [0.05, 0.1) is 11.8 Å². The molecule has 1 aromatic heterocycles. The Morgan fingerprint density at radius 2 is 2.10 bits per heavy atom. The molecule has 0 saturated heterocycles. The standard InChI is InChI=1S/C23H29N3O4S/c1-2-14-31(29,30)25-16-17-7-8-18-9-13-26(22(27)28)21(19(18)15-17)23(10-5-11-23)20-6-3-4-12-24-20/h3-4,6-8,12,15,21,25H,2,5,9-11,13-14,16H2,1H3,(H,27,28). The zero-order valence-corrected chi connectivity index (χ0v) is 18.6. The van der Waals surface area contributed by atoms with Crippen molar-refractivity contribution in [3.63, 3.8) is 0 Å². The lowest BCUT2D eigenvalue weighted by molar-refractivity contribution is 0.0491. The van der Waals surface area contributed by atoms with Gasteiger partial charge in [-0.05, 0) is 54.5 Å². The molecule has 1 amide bonds. The molecule has 1 atom stereocenters. The fourth-order valence-electron chi connectivity index (χ4n) is 5.00. The first-order valence-electron chi connectivity index (χ1n) is 10.9. The van der Waals surface area contributed by atoms with Gasteiger partial charge in [0.2, 0.25) is 10.0 Å². The van der Waals surface area contributed by atoms with Crippen LogP contribution in [0.3, 0.4) is 0 Å². The van der Waals surface area contributed by atoms with E-state index in [1.165, 1.54) is 0 Å². The summed E-state index contributed by atoms with van der Waals surface area (Å²) < 4.78 is 26.8. The number of benzene rings is 1. The molecule has 2 N–H and O–H groups in total. The van der Waals surface area contributed by atoms with Crippen molar-refractivity contribution in [1.29, 1.82) is 0 Å². The van der Waals surface area contributed by atoms with Crippen LogP contribution in [0.25, 0.3) is 0 Å². The molecule has 7 nitrogen and oxygen atoms in total. The molecular weight excluding hydrogens is 414 g/mol. The Morgan fingerprint density at radius 3 is 2.71 bits per heavy atom. The van der Waals surface area contributed by atoms with Gasteiger partial charge in [-0.1, -0.05) is 37.6 Å². The summed E-state index contributed by atoms with van der Waals surface area (Å²) in [4.78, 5) is 18.4. The van der Waals surface area contributed by atoms with Gasteiger partial charge in [-0.25, -0.2) is 17.9 Å². The van der Waals surface area contributed by atoms with E-state index in [0.29, 0.717) is 19.4 Å². The number of hydrogen-bond acceptors (Lipinski definition) is 4. The van der Waals surface area contributed by atoms with Crippen molar-refractivity contribution >= 4 is 16.1 Å². The number of nitrogens with one attached hydrogen (secondary N) is 1. The van der Waals surface area contributed by atoms with Gasteiger partial charge in [0.25, 0.3) is 0 Å². The van der Waals surface area contributed by atoms with E-state index in [9.17, 15) is 18.3 Å². The van der Waals surface area contributed by atoms with Crippen molar-refractivity contribution < 1.29 is 18.3 Å². The molecule has 0 radical (unpaired) electrons. The number of hydrogen-bond donors (Lipinski definition) is 2. The third kappa shape index (κ3) is 4.19. The molecule has 31 heavy (non-hydrogen) atoms. The van der Waals surface area contributed by atoms with Crippen molar-refractivity contribution in [1.82, 2.24) is 14.6 Å². The van der Waals surface area contributed by atoms with E-state index in [2.05, 4.69) is 9.71 Å². The van der Waals surface area contributed by atoms with Gasteiger partial charge in [0.15, 0.2) is 0 Å². The highest BCUT2D eigenvalue weighted by Gasteiger charge is 2.52. The maximum atomic E-state index is 12.2. The molecule has 1 aromatic carbocycles. The smallest absolute Gasteiger partial charge is 0.407 e. The lowest BCUT2D eigenvalue weighted by Crippen LogP contribution is -2.53. The molecule has 2 aliphatic rings. The van der Waals surface area contributed by atoms with Crippen molar-refractivity contribution in [2.75, 3.05) is 12.3 Å². The third-order valence-electron chi connectivity index (χ3n) is 6.60. The summed E-state index contributed by atoms with van der Waals surface area (Å²) in [5, 5.41) is 10.0. The Hall–Kier alpha value is -2.45. The number of carboxylic acid groups (broad SMARTS) is 1. The number of carbonyl (C=O) groups is 1. The highest BCUT2D eigenvalue weighted by atomic mass is 32.2. The van der Waals surface area contributed by atoms with Gasteiger partial charge < -0.3 is 10.0 Å². The van der Waals surface area contributed by atoms with E-state index in [1.807, 2.05) is 43.3 Å². The second kappa shape index (κ2) is 8.59. The fourth-order valence-corrected chi connectivity index (χ4v) is 6.06. The molecule has 2 aromatic rings. The average molecular weight is 444 g/mol. The van der Waals surface area contributed by atoms with E-state index < -0.39 is 16.1 Å². The zero-order valence-electron chi connectivity index (χ0n) is 17.8. The quantitative estimate of drug-likeness (QED) is 0.681. The van der Waals surface area contributed by atoms with Gasteiger partial charge in [0.1, 0.15) is 0 Å². The highest BCUT2D eigenvalue weighted by Crippen LogP contribution is 2.55. The molecule has 0 bridgehead atoms. The molecule has 1 saturated carbocycles.